The second kappa shape index (κ2) is 9.90. The lowest BCUT2D eigenvalue weighted by atomic mass is 10.0. The van der Waals surface area contributed by atoms with Crippen LogP contribution in [0.5, 0.6) is 11.8 Å². The van der Waals surface area contributed by atoms with Crippen molar-refractivity contribution in [3.8, 4) is 23.0 Å². The summed E-state index contributed by atoms with van der Waals surface area (Å²) in [5.74, 6) is 1.44. The number of amides is 1. The average Bonchev–Trinajstić information content (AvgIpc) is 2.87. The van der Waals surface area contributed by atoms with Crippen LogP contribution in [0.4, 0.5) is 5.82 Å². The third kappa shape index (κ3) is 4.82. The molecule has 0 unspecified atom stereocenters. The molecule has 0 bridgehead atoms. The molecule has 0 aliphatic carbocycles. The standard InChI is InChI=1S/C24H24N6O3/c1-25-24(31)18-8-10-27-23-15(5-4-6-17(18)23)7-9-26-20-13-19(28-14-29-20)16-11-21(32-2)30-22(12-16)33-3/h4-6,8,10-14H,7,9H2,1-3H3,(H,25,31)(H,26,28,29). The van der Waals surface area contributed by atoms with Crippen molar-refractivity contribution in [3.05, 3.63) is 66.1 Å². The minimum absolute atomic E-state index is 0.129. The lowest BCUT2D eigenvalue weighted by Crippen LogP contribution is -2.18. The Morgan fingerprint density at radius 1 is 1.00 bits per heavy atom. The van der Waals surface area contributed by atoms with Gasteiger partial charge in [-0.25, -0.2) is 9.97 Å². The molecule has 0 saturated heterocycles. The summed E-state index contributed by atoms with van der Waals surface area (Å²) in [6.45, 7) is 0.629. The van der Waals surface area contributed by atoms with Gasteiger partial charge in [-0.3, -0.25) is 9.78 Å². The number of fused-ring (bicyclic) bond motifs is 1. The Kier molecular flexibility index (Phi) is 6.58. The van der Waals surface area contributed by atoms with E-state index in [-0.39, 0.29) is 5.91 Å². The molecule has 9 heteroatoms. The molecule has 0 aliphatic rings. The first-order valence-electron chi connectivity index (χ1n) is 10.4. The van der Waals surface area contributed by atoms with Gasteiger partial charge in [0, 0.05) is 48.9 Å². The maximum absolute atomic E-state index is 12.2. The van der Waals surface area contributed by atoms with Crippen LogP contribution in [0.3, 0.4) is 0 Å². The lowest BCUT2D eigenvalue weighted by Gasteiger charge is -2.11. The smallest absolute Gasteiger partial charge is 0.251 e. The Balaban J connectivity index is 1.51. The van der Waals surface area contributed by atoms with E-state index in [0.29, 0.717) is 41.8 Å². The second-order valence-electron chi connectivity index (χ2n) is 7.16. The van der Waals surface area contributed by atoms with Crippen molar-refractivity contribution in [2.75, 3.05) is 33.1 Å². The largest absolute Gasteiger partial charge is 0.481 e. The van der Waals surface area contributed by atoms with Crippen LogP contribution in [0, 0.1) is 0 Å². The summed E-state index contributed by atoms with van der Waals surface area (Å²) in [6.07, 6.45) is 3.88. The highest BCUT2D eigenvalue weighted by Crippen LogP contribution is 2.26. The molecule has 168 valence electrons. The van der Waals surface area contributed by atoms with Crippen molar-refractivity contribution in [2.24, 2.45) is 0 Å². The molecule has 0 radical (unpaired) electrons. The van der Waals surface area contributed by atoms with Gasteiger partial charge >= 0.3 is 0 Å². The van der Waals surface area contributed by atoms with E-state index in [0.717, 1.165) is 22.0 Å². The highest BCUT2D eigenvalue weighted by atomic mass is 16.5. The van der Waals surface area contributed by atoms with E-state index in [4.69, 9.17) is 9.47 Å². The monoisotopic (exact) mass is 444 g/mol. The first-order valence-corrected chi connectivity index (χ1v) is 10.4. The predicted molar refractivity (Wildman–Crippen MR) is 126 cm³/mol. The minimum atomic E-state index is -0.129. The Bertz CT molecular complexity index is 1270. The molecule has 4 aromatic rings. The molecule has 33 heavy (non-hydrogen) atoms. The number of pyridine rings is 2. The first-order chi connectivity index (χ1) is 16.1. The van der Waals surface area contributed by atoms with Crippen LogP contribution in [0.25, 0.3) is 22.2 Å². The number of ether oxygens (including phenoxy) is 2. The molecule has 4 rings (SSSR count). The van der Waals surface area contributed by atoms with Gasteiger partial charge in [0.2, 0.25) is 11.8 Å². The van der Waals surface area contributed by atoms with E-state index in [1.54, 1.807) is 45.7 Å². The van der Waals surface area contributed by atoms with E-state index >= 15 is 0 Å². The molecular weight excluding hydrogens is 420 g/mol. The van der Waals surface area contributed by atoms with Crippen molar-refractivity contribution in [1.29, 1.82) is 0 Å². The maximum Gasteiger partial charge on any atom is 0.251 e. The molecule has 0 fully saturated rings. The van der Waals surface area contributed by atoms with E-state index in [1.165, 1.54) is 6.33 Å². The number of para-hydroxylation sites is 1. The Hall–Kier alpha value is -4.27. The van der Waals surface area contributed by atoms with Gasteiger partial charge in [0.1, 0.15) is 12.1 Å². The highest BCUT2D eigenvalue weighted by molar-refractivity contribution is 6.06. The van der Waals surface area contributed by atoms with Gasteiger partial charge in [-0.1, -0.05) is 18.2 Å². The van der Waals surface area contributed by atoms with Gasteiger partial charge in [0.25, 0.3) is 5.91 Å². The molecule has 0 aliphatic heterocycles. The first kappa shape index (κ1) is 21.9. The summed E-state index contributed by atoms with van der Waals surface area (Å²) in [7, 11) is 4.73. The third-order valence-corrected chi connectivity index (χ3v) is 5.19. The number of rotatable bonds is 8. The number of hydrogen-bond donors (Lipinski definition) is 2. The number of anilines is 1. The van der Waals surface area contributed by atoms with E-state index < -0.39 is 0 Å². The third-order valence-electron chi connectivity index (χ3n) is 5.19. The molecule has 9 nitrogen and oxygen atoms in total. The normalized spacial score (nSPS) is 10.6. The molecule has 1 amide bonds. The lowest BCUT2D eigenvalue weighted by molar-refractivity contribution is 0.0964. The van der Waals surface area contributed by atoms with Gasteiger partial charge in [-0.05, 0) is 18.1 Å². The summed E-state index contributed by atoms with van der Waals surface area (Å²) < 4.78 is 10.5. The summed E-state index contributed by atoms with van der Waals surface area (Å²) in [5.41, 5.74) is 4.00. The Labute approximate surface area is 191 Å². The van der Waals surface area contributed by atoms with Gasteiger partial charge in [-0.15, -0.1) is 0 Å². The fourth-order valence-corrected chi connectivity index (χ4v) is 3.55. The van der Waals surface area contributed by atoms with Gasteiger partial charge < -0.3 is 20.1 Å². The number of hydrogen-bond acceptors (Lipinski definition) is 8. The number of aromatic nitrogens is 4. The number of nitrogens with one attached hydrogen (secondary N) is 2. The van der Waals surface area contributed by atoms with Crippen LogP contribution in [0.15, 0.2) is 55.0 Å². The topological polar surface area (TPSA) is 111 Å². The Morgan fingerprint density at radius 3 is 2.52 bits per heavy atom. The number of methoxy groups -OCH3 is 2. The molecule has 3 heterocycles. The fraction of sp³-hybridized carbons (Fsp3) is 0.208. The van der Waals surface area contributed by atoms with Gasteiger partial charge in [-0.2, -0.15) is 4.98 Å². The summed E-state index contributed by atoms with van der Waals surface area (Å²) in [6, 6.07) is 13.1. The summed E-state index contributed by atoms with van der Waals surface area (Å²) in [5, 5.41) is 6.85. The zero-order chi connectivity index (χ0) is 23.2. The quantitative estimate of drug-likeness (QED) is 0.426. The van der Waals surface area contributed by atoms with Crippen LogP contribution in [0.2, 0.25) is 0 Å². The van der Waals surface area contributed by atoms with Crippen molar-refractivity contribution in [3.63, 3.8) is 0 Å². The second-order valence-corrected chi connectivity index (χ2v) is 7.16. The van der Waals surface area contributed by atoms with Gasteiger partial charge in [0.05, 0.1) is 31.0 Å². The molecule has 0 saturated carbocycles. The molecule has 3 aromatic heterocycles. The predicted octanol–water partition coefficient (Wildman–Crippen LogP) is 3.12. The zero-order valence-corrected chi connectivity index (χ0v) is 18.6. The summed E-state index contributed by atoms with van der Waals surface area (Å²) in [4.78, 5) is 29.6. The molecule has 0 spiro atoms. The number of nitrogens with zero attached hydrogens (tertiary/aromatic N) is 4. The fourth-order valence-electron chi connectivity index (χ4n) is 3.55. The van der Waals surface area contributed by atoms with Crippen LogP contribution < -0.4 is 20.1 Å². The molecule has 2 N–H and O–H groups in total. The Morgan fingerprint density at radius 2 is 1.79 bits per heavy atom. The number of benzene rings is 1. The van der Waals surface area contributed by atoms with Crippen molar-refractivity contribution in [2.45, 2.75) is 6.42 Å². The van der Waals surface area contributed by atoms with Crippen LogP contribution in [-0.2, 0) is 6.42 Å². The van der Waals surface area contributed by atoms with Crippen LogP contribution >= 0.6 is 0 Å². The SMILES string of the molecule is CNC(=O)c1ccnc2c(CCNc3cc(-c4cc(OC)nc(OC)c4)ncn3)cccc12. The molecule has 0 atom stereocenters. The number of carbonyl (C=O) groups excluding carboxylic acids is 1. The van der Waals surface area contributed by atoms with E-state index in [9.17, 15) is 4.79 Å². The number of carbonyl (C=O) groups is 1. The van der Waals surface area contributed by atoms with Crippen LogP contribution in [0.1, 0.15) is 15.9 Å². The van der Waals surface area contributed by atoms with E-state index in [1.807, 2.05) is 24.3 Å². The zero-order valence-electron chi connectivity index (χ0n) is 18.6. The van der Waals surface area contributed by atoms with Crippen LogP contribution in [-0.4, -0.2) is 53.7 Å². The average molecular weight is 444 g/mol. The summed E-state index contributed by atoms with van der Waals surface area (Å²) >= 11 is 0. The molecular formula is C24H24N6O3. The maximum atomic E-state index is 12.2. The van der Waals surface area contributed by atoms with Crippen molar-refractivity contribution in [1.82, 2.24) is 25.3 Å². The van der Waals surface area contributed by atoms with Crippen molar-refractivity contribution < 1.29 is 14.3 Å². The van der Waals surface area contributed by atoms with E-state index in [2.05, 4.69) is 30.6 Å². The van der Waals surface area contributed by atoms with Crippen molar-refractivity contribution >= 4 is 22.6 Å². The minimum Gasteiger partial charge on any atom is -0.481 e. The highest BCUT2D eigenvalue weighted by Gasteiger charge is 2.12. The molecule has 1 aromatic carbocycles. The van der Waals surface area contributed by atoms with Gasteiger partial charge in [0.15, 0.2) is 0 Å².